The summed E-state index contributed by atoms with van der Waals surface area (Å²) in [6, 6.07) is 0. The van der Waals surface area contributed by atoms with Crippen molar-refractivity contribution in [1.82, 2.24) is 5.32 Å². The van der Waals surface area contributed by atoms with E-state index in [1.54, 1.807) is 0 Å². The summed E-state index contributed by atoms with van der Waals surface area (Å²) in [6.45, 7) is 6.83. The van der Waals surface area contributed by atoms with Crippen molar-refractivity contribution in [2.45, 2.75) is 52.4 Å². The lowest BCUT2D eigenvalue weighted by Gasteiger charge is -2.31. The Hall–Kier alpha value is -0.480. The number of nitrogens with one attached hydrogen (secondary N) is 1. The van der Waals surface area contributed by atoms with Gasteiger partial charge >= 0.3 is 0 Å². The second-order valence-corrected chi connectivity index (χ2v) is 5.44. The van der Waals surface area contributed by atoms with Crippen molar-refractivity contribution in [1.29, 1.82) is 0 Å². The second-order valence-electron chi connectivity index (χ2n) is 5.44. The van der Waals surface area contributed by atoms with Crippen LogP contribution in [0.25, 0.3) is 0 Å². The zero-order valence-electron chi connectivity index (χ0n) is 10.3. The number of hydrogen-bond donors (Lipinski definition) is 1. The zero-order chi connectivity index (χ0) is 11.1. The van der Waals surface area contributed by atoms with Gasteiger partial charge in [-0.3, -0.25) is 0 Å². The van der Waals surface area contributed by atoms with Crippen LogP contribution < -0.4 is 5.32 Å². The average molecular weight is 207 g/mol. The summed E-state index contributed by atoms with van der Waals surface area (Å²) in [5.41, 5.74) is 0.586. The van der Waals surface area contributed by atoms with Crippen molar-refractivity contribution < 1.29 is 0 Å². The smallest absolute Gasteiger partial charge is 0.0211 e. The molecule has 0 aromatic heterocycles. The minimum atomic E-state index is 0.586. The summed E-state index contributed by atoms with van der Waals surface area (Å²) in [5.74, 6) is 3.50. The van der Waals surface area contributed by atoms with E-state index in [-0.39, 0.29) is 0 Å². The Morgan fingerprint density at radius 3 is 2.53 bits per heavy atom. The summed E-state index contributed by atoms with van der Waals surface area (Å²) >= 11 is 0. The first-order valence-corrected chi connectivity index (χ1v) is 6.33. The van der Waals surface area contributed by atoms with E-state index >= 15 is 0 Å². The van der Waals surface area contributed by atoms with E-state index in [0.717, 1.165) is 18.9 Å². The first-order valence-electron chi connectivity index (χ1n) is 6.33. The molecule has 0 heterocycles. The Kier molecular flexibility index (Phi) is 5.19. The molecule has 0 saturated heterocycles. The van der Waals surface area contributed by atoms with E-state index < -0.39 is 0 Å². The molecule has 0 aromatic carbocycles. The van der Waals surface area contributed by atoms with Gasteiger partial charge in [0.25, 0.3) is 0 Å². The molecule has 1 fully saturated rings. The average Bonchev–Trinajstić information content (AvgIpc) is 2.61. The van der Waals surface area contributed by atoms with Gasteiger partial charge < -0.3 is 5.32 Å². The van der Waals surface area contributed by atoms with Crippen LogP contribution in [0.1, 0.15) is 52.4 Å². The van der Waals surface area contributed by atoms with Gasteiger partial charge in [-0.05, 0) is 30.6 Å². The van der Waals surface area contributed by atoms with E-state index in [2.05, 4.69) is 25.1 Å². The van der Waals surface area contributed by atoms with E-state index in [9.17, 15) is 0 Å². The summed E-state index contributed by atoms with van der Waals surface area (Å²) in [5, 5.41) is 3.53. The molecule has 0 bridgehead atoms. The van der Waals surface area contributed by atoms with E-state index in [4.69, 9.17) is 6.42 Å². The maximum atomic E-state index is 5.25. The van der Waals surface area contributed by atoms with Crippen molar-refractivity contribution in [2.24, 2.45) is 11.3 Å². The lowest BCUT2D eigenvalue weighted by molar-refractivity contribution is 0.225. The highest BCUT2D eigenvalue weighted by molar-refractivity contribution is 4.89. The van der Waals surface area contributed by atoms with Crippen molar-refractivity contribution in [3.63, 3.8) is 0 Å². The van der Waals surface area contributed by atoms with Crippen LogP contribution in [0.3, 0.4) is 0 Å². The van der Waals surface area contributed by atoms with E-state index in [1.165, 1.54) is 38.6 Å². The molecule has 15 heavy (non-hydrogen) atoms. The van der Waals surface area contributed by atoms with Gasteiger partial charge in [0.1, 0.15) is 0 Å². The third-order valence-corrected chi connectivity index (χ3v) is 3.45. The standard InChI is InChI=1S/C14H25N/c1-4-5-10-15-12-14(11-13(2)3)8-6-7-9-14/h1,13,15H,5-12H2,2-3H3. The number of hydrogen-bond acceptors (Lipinski definition) is 1. The summed E-state index contributed by atoms with van der Waals surface area (Å²) in [6.07, 6.45) is 13.1. The highest BCUT2D eigenvalue weighted by Crippen LogP contribution is 2.42. The molecule has 0 amide bonds. The molecule has 1 nitrogen and oxygen atoms in total. The highest BCUT2D eigenvalue weighted by atomic mass is 14.9. The summed E-state index contributed by atoms with van der Waals surface area (Å²) < 4.78 is 0. The molecule has 0 spiro atoms. The molecule has 0 radical (unpaired) electrons. The molecule has 0 aliphatic heterocycles. The molecule has 0 aromatic rings. The van der Waals surface area contributed by atoms with Crippen molar-refractivity contribution >= 4 is 0 Å². The fourth-order valence-electron chi connectivity index (χ4n) is 2.96. The van der Waals surface area contributed by atoms with Gasteiger partial charge in [-0.2, -0.15) is 0 Å². The second kappa shape index (κ2) is 6.18. The molecule has 1 rings (SSSR count). The van der Waals surface area contributed by atoms with Gasteiger partial charge in [0.15, 0.2) is 0 Å². The van der Waals surface area contributed by atoms with E-state index in [1.807, 2.05) is 0 Å². The SMILES string of the molecule is C#CCCNCC1(CC(C)C)CCCC1. The fourth-order valence-corrected chi connectivity index (χ4v) is 2.96. The Morgan fingerprint density at radius 2 is 2.00 bits per heavy atom. The third-order valence-electron chi connectivity index (χ3n) is 3.45. The Bertz CT molecular complexity index is 206. The summed E-state index contributed by atoms with van der Waals surface area (Å²) in [4.78, 5) is 0. The molecule has 0 atom stereocenters. The van der Waals surface area contributed by atoms with Gasteiger partial charge in [-0.1, -0.05) is 26.7 Å². The minimum Gasteiger partial charge on any atom is -0.315 e. The quantitative estimate of drug-likeness (QED) is 0.521. The van der Waals surface area contributed by atoms with Crippen LogP contribution in [-0.2, 0) is 0 Å². The van der Waals surface area contributed by atoms with Gasteiger partial charge in [-0.15, -0.1) is 12.3 Å². The lowest BCUT2D eigenvalue weighted by Crippen LogP contribution is -2.33. The number of terminal acetylenes is 1. The molecular formula is C14H25N. The van der Waals surface area contributed by atoms with Gasteiger partial charge in [0, 0.05) is 19.5 Å². The maximum Gasteiger partial charge on any atom is 0.0211 e. The maximum absolute atomic E-state index is 5.25. The minimum absolute atomic E-state index is 0.586. The van der Waals surface area contributed by atoms with Crippen LogP contribution in [0.2, 0.25) is 0 Å². The molecule has 1 aliphatic carbocycles. The first-order chi connectivity index (χ1) is 7.18. The van der Waals surface area contributed by atoms with Crippen LogP contribution >= 0.6 is 0 Å². The predicted molar refractivity (Wildman–Crippen MR) is 66.7 cm³/mol. The van der Waals surface area contributed by atoms with Gasteiger partial charge in [0.05, 0.1) is 0 Å². The van der Waals surface area contributed by atoms with Gasteiger partial charge in [-0.25, -0.2) is 0 Å². The van der Waals surface area contributed by atoms with Crippen LogP contribution in [0.5, 0.6) is 0 Å². The summed E-state index contributed by atoms with van der Waals surface area (Å²) in [7, 11) is 0. The van der Waals surface area contributed by atoms with Crippen molar-refractivity contribution in [2.75, 3.05) is 13.1 Å². The largest absolute Gasteiger partial charge is 0.315 e. The van der Waals surface area contributed by atoms with Crippen molar-refractivity contribution in [3.05, 3.63) is 0 Å². The Balaban J connectivity index is 2.33. The predicted octanol–water partition coefficient (Wildman–Crippen LogP) is 3.21. The molecule has 1 aliphatic rings. The molecule has 1 N–H and O–H groups in total. The fraction of sp³-hybridized carbons (Fsp3) is 0.857. The van der Waals surface area contributed by atoms with Crippen LogP contribution in [0, 0.1) is 23.7 Å². The third kappa shape index (κ3) is 4.26. The van der Waals surface area contributed by atoms with Crippen LogP contribution in [-0.4, -0.2) is 13.1 Å². The monoisotopic (exact) mass is 207 g/mol. The molecular weight excluding hydrogens is 182 g/mol. The molecule has 1 saturated carbocycles. The van der Waals surface area contributed by atoms with Crippen molar-refractivity contribution in [3.8, 4) is 12.3 Å². The zero-order valence-corrected chi connectivity index (χ0v) is 10.3. The van der Waals surface area contributed by atoms with Crippen LogP contribution in [0.15, 0.2) is 0 Å². The topological polar surface area (TPSA) is 12.0 Å². The lowest BCUT2D eigenvalue weighted by atomic mass is 9.78. The molecule has 1 heteroatoms. The first kappa shape index (κ1) is 12.6. The Labute approximate surface area is 95.0 Å². The Morgan fingerprint density at radius 1 is 1.33 bits per heavy atom. The van der Waals surface area contributed by atoms with Crippen LogP contribution in [0.4, 0.5) is 0 Å². The normalized spacial score (nSPS) is 19.3. The number of rotatable bonds is 6. The molecule has 0 unspecified atom stereocenters. The highest BCUT2D eigenvalue weighted by Gasteiger charge is 2.33. The van der Waals surface area contributed by atoms with Gasteiger partial charge in [0.2, 0.25) is 0 Å². The van der Waals surface area contributed by atoms with E-state index in [0.29, 0.717) is 5.41 Å². The molecule has 86 valence electrons.